The molecule has 24 heavy (non-hydrogen) atoms. The molecule has 1 aromatic carbocycles. The number of aromatic nitrogens is 3. The van der Waals surface area contributed by atoms with E-state index in [2.05, 4.69) is 10.1 Å². The van der Waals surface area contributed by atoms with Crippen LogP contribution in [0.1, 0.15) is 43.1 Å². The van der Waals surface area contributed by atoms with Crippen molar-refractivity contribution in [2.45, 2.75) is 42.9 Å². The van der Waals surface area contributed by atoms with Gasteiger partial charge in [-0.15, -0.1) is 0 Å². The van der Waals surface area contributed by atoms with Crippen molar-refractivity contribution >= 4 is 16.7 Å². The number of benzene rings is 1. The minimum absolute atomic E-state index is 0.0155. The maximum absolute atomic E-state index is 12.7. The largest absolute Gasteiger partial charge is 0.337 e. The first-order valence-electron chi connectivity index (χ1n) is 8.20. The molecule has 128 valence electrons. The van der Waals surface area contributed by atoms with Gasteiger partial charge in [-0.2, -0.15) is 5.10 Å². The third-order valence-electron chi connectivity index (χ3n) is 4.26. The van der Waals surface area contributed by atoms with Crippen molar-refractivity contribution in [2.75, 3.05) is 13.1 Å². The van der Waals surface area contributed by atoms with Crippen molar-refractivity contribution in [1.82, 2.24) is 19.7 Å². The molecule has 2 aromatic rings. The van der Waals surface area contributed by atoms with Crippen LogP contribution in [0, 0.1) is 0 Å². The van der Waals surface area contributed by atoms with Crippen LogP contribution in [0.2, 0.25) is 0 Å². The molecule has 7 heteroatoms. The molecular formula is C17H22N4O2S. The number of likely N-dealkylation sites (tertiary alicyclic amines) is 1. The summed E-state index contributed by atoms with van der Waals surface area (Å²) in [6, 6.07) is 7.32. The van der Waals surface area contributed by atoms with Crippen molar-refractivity contribution in [1.29, 1.82) is 0 Å². The highest BCUT2D eigenvalue weighted by atomic mass is 32.2. The van der Waals surface area contributed by atoms with Gasteiger partial charge in [-0.1, -0.05) is 13.8 Å². The van der Waals surface area contributed by atoms with Gasteiger partial charge in [0.25, 0.3) is 5.91 Å². The minimum Gasteiger partial charge on any atom is -0.337 e. The van der Waals surface area contributed by atoms with E-state index in [0.29, 0.717) is 12.1 Å². The number of hydrogen-bond donors (Lipinski definition) is 0. The molecule has 2 atom stereocenters. The van der Waals surface area contributed by atoms with Crippen molar-refractivity contribution in [3.05, 3.63) is 42.5 Å². The SMILES string of the molecule is CC(C)S(=O)c1ccc(C(=O)N2CCCC(n3cncn3)C2)cc1. The summed E-state index contributed by atoms with van der Waals surface area (Å²) in [4.78, 5) is 19.3. The van der Waals surface area contributed by atoms with E-state index in [-0.39, 0.29) is 17.2 Å². The van der Waals surface area contributed by atoms with E-state index < -0.39 is 10.8 Å². The maximum Gasteiger partial charge on any atom is 0.253 e. The van der Waals surface area contributed by atoms with Crippen LogP contribution in [0.4, 0.5) is 0 Å². The van der Waals surface area contributed by atoms with Crippen LogP contribution in [0.3, 0.4) is 0 Å². The van der Waals surface area contributed by atoms with E-state index in [4.69, 9.17) is 0 Å². The first-order valence-corrected chi connectivity index (χ1v) is 9.41. The zero-order valence-electron chi connectivity index (χ0n) is 14.0. The predicted molar refractivity (Wildman–Crippen MR) is 92.2 cm³/mol. The summed E-state index contributed by atoms with van der Waals surface area (Å²) in [5.74, 6) is 0.0155. The second kappa shape index (κ2) is 7.25. The standard InChI is InChI=1S/C17H22N4O2S/c1-13(2)24(23)16-7-5-14(6-8-16)17(22)20-9-3-4-15(10-20)21-12-18-11-19-21/h5-8,11-13,15H,3-4,9-10H2,1-2H3. The Balaban J connectivity index is 1.70. The summed E-state index contributed by atoms with van der Waals surface area (Å²) < 4.78 is 13.9. The summed E-state index contributed by atoms with van der Waals surface area (Å²) >= 11 is 0. The van der Waals surface area contributed by atoms with Crippen molar-refractivity contribution in [3.63, 3.8) is 0 Å². The second-order valence-corrected chi connectivity index (χ2v) is 8.30. The molecule has 1 fully saturated rings. The number of amides is 1. The van der Waals surface area contributed by atoms with Crippen LogP contribution in [0.25, 0.3) is 0 Å². The average molecular weight is 346 g/mol. The lowest BCUT2D eigenvalue weighted by atomic mass is 10.0. The third kappa shape index (κ3) is 3.56. The van der Waals surface area contributed by atoms with E-state index in [1.54, 1.807) is 30.6 Å². The summed E-state index contributed by atoms with van der Waals surface area (Å²) in [7, 11) is -1.03. The van der Waals surface area contributed by atoms with Crippen LogP contribution >= 0.6 is 0 Å². The molecule has 0 radical (unpaired) electrons. The van der Waals surface area contributed by atoms with Gasteiger partial charge in [-0.05, 0) is 37.1 Å². The highest BCUT2D eigenvalue weighted by Crippen LogP contribution is 2.22. The summed E-state index contributed by atoms with van der Waals surface area (Å²) in [5.41, 5.74) is 0.638. The molecule has 0 N–H and O–H groups in total. The number of nitrogens with zero attached hydrogens (tertiary/aromatic N) is 4. The molecule has 3 rings (SSSR count). The van der Waals surface area contributed by atoms with E-state index in [0.717, 1.165) is 24.3 Å². The van der Waals surface area contributed by atoms with Crippen molar-refractivity contribution in [3.8, 4) is 0 Å². The van der Waals surface area contributed by atoms with Gasteiger partial charge in [0.2, 0.25) is 0 Å². The lowest BCUT2D eigenvalue weighted by Crippen LogP contribution is -2.40. The van der Waals surface area contributed by atoms with Gasteiger partial charge < -0.3 is 4.90 Å². The molecule has 6 nitrogen and oxygen atoms in total. The fourth-order valence-electron chi connectivity index (χ4n) is 2.95. The highest BCUT2D eigenvalue weighted by Gasteiger charge is 2.26. The van der Waals surface area contributed by atoms with Crippen LogP contribution in [0.15, 0.2) is 41.8 Å². The summed E-state index contributed by atoms with van der Waals surface area (Å²) in [5, 5.41) is 4.25. The van der Waals surface area contributed by atoms with Gasteiger partial charge in [0.05, 0.1) is 16.8 Å². The van der Waals surface area contributed by atoms with E-state index in [9.17, 15) is 9.00 Å². The zero-order valence-corrected chi connectivity index (χ0v) is 14.8. The topological polar surface area (TPSA) is 68.1 Å². The normalized spacial score (nSPS) is 19.5. The zero-order chi connectivity index (χ0) is 17.1. The molecule has 2 heterocycles. The Labute approximate surface area is 144 Å². The molecule has 0 spiro atoms. The molecule has 1 aliphatic rings. The lowest BCUT2D eigenvalue weighted by Gasteiger charge is -2.32. The predicted octanol–water partition coefficient (Wildman–Crippen LogP) is 2.27. The first-order chi connectivity index (χ1) is 11.6. The van der Waals surface area contributed by atoms with Gasteiger partial charge in [-0.25, -0.2) is 9.67 Å². The van der Waals surface area contributed by atoms with Gasteiger partial charge >= 0.3 is 0 Å². The molecule has 0 bridgehead atoms. The Bertz CT molecular complexity index is 713. The van der Waals surface area contributed by atoms with Crippen molar-refractivity contribution in [2.24, 2.45) is 0 Å². The van der Waals surface area contributed by atoms with Crippen LogP contribution in [0.5, 0.6) is 0 Å². The summed E-state index contributed by atoms with van der Waals surface area (Å²) in [6.45, 7) is 5.24. The molecule has 0 aliphatic carbocycles. The number of rotatable bonds is 4. The molecular weight excluding hydrogens is 324 g/mol. The molecule has 0 saturated carbocycles. The van der Waals surface area contributed by atoms with Gasteiger partial charge in [0.1, 0.15) is 12.7 Å². The smallest absolute Gasteiger partial charge is 0.253 e. The highest BCUT2D eigenvalue weighted by molar-refractivity contribution is 7.85. The minimum atomic E-state index is -1.03. The average Bonchev–Trinajstić information content (AvgIpc) is 3.15. The lowest BCUT2D eigenvalue weighted by molar-refractivity contribution is 0.0672. The number of hydrogen-bond acceptors (Lipinski definition) is 4. The molecule has 1 aromatic heterocycles. The molecule has 1 amide bonds. The Kier molecular flexibility index (Phi) is 5.08. The Hall–Kier alpha value is -2.02. The first kappa shape index (κ1) is 16.8. The number of carbonyl (C=O) groups is 1. The fourth-order valence-corrected chi connectivity index (χ4v) is 3.90. The van der Waals surface area contributed by atoms with Gasteiger partial charge in [-0.3, -0.25) is 9.00 Å². The molecule has 1 aliphatic heterocycles. The van der Waals surface area contributed by atoms with Gasteiger partial charge in [0, 0.05) is 28.8 Å². The number of piperidine rings is 1. The van der Waals surface area contributed by atoms with Crippen molar-refractivity contribution < 1.29 is 9.00 Å². The molecule has 1 saturated heterocycles. The van der Waals surface area contributed by atoms with Crippen LogP contribution < -0.4 is 0 Å². The molecule has 2 unspecified atom stereocenters. The van der Waals surface area contributed by atoms with E-state index in [1.807, 2.05) is 23.4 Å². The summed E-state index contributed by atoms with van der Waals surface area (Å²) in [6.07, 6.45) is 5.17. The van der Waals surface area contributed by atoms with Gasteiger partial charge in [0.15, 0.2) is 0 Å². The van der Waals surface area contributed by atoms with E-state index in [1.165, 1.54) is 6.33 Å². The Morgan fingerprint density at radius 3 is 2.67 bits per heavy atom. The maximum atomic E-state index is 12.7. The Morgan fingerprint density at radius 2 is 2.04 bits per heavy atom. The van der Waals surface area contributed by atoms with Crippen LogP contribution in [-0.2, 0) is 10.8 Å². The van der Waals surface area contributed by atoms with E-state index >= 15 is 0 Å². The van der Waals surface area contributed by atoms with Crippen LogP contribution in [-0.4, -0.2) is 48.1 Å². The number of carbonyl (C=O) groups excluding carboxylic acids is 1. The second-order valence-electron chi connectivity index (χ2n) is 6.29. The fraction of sp³-hybridized carbons (Fsp3) is 0.471. The monoisotopic (exact) mass is 346 g/mol. The third-order valence-corrected chi connectivity index (χ3v) is 5.85. The Morgan fingerprint density at radius 1 is 1.29 bits per heavy atom. The quantitative estimate of drug-likeness (QED) is 0.852.